The lowest BCUT2D eigenvalue weighted by Gasteiger charge is -2.12. The van der Waals surface area contributed by atoms with Crippen LogP contribution in [0, 0.1) is 0 Å². The second-order valence-electron chi connectivity index (χ2n) is 4.35. The van der Waals surface area contributed by atoms with Crippen molar-refractivity contribution < 1.29 is 27.5 Å². The van der Waals surface area contributed by atoms with E-state index in [0.29, 0.717) is 5.75 Å². The van der Waals surface area contributed by atoms with Gasteiger partial charge in [-0.1, -0.05) is 0 Å². The van der Waals surface area contributed by atoms with Crippen molar-refractivity contribution >= 4 is 21.6 Å². The molecule has 0 fully saturated rings. The second kappa shape index (κ2) is 7.21. The number of carbonyl (C=O) groups excluding carboxylic acids is 2. The first-order valence-corrected chi connectivity index (χ1v) is 8.08. The topological polar surface area (TPSA) is 86.7 Å². The van der Waals surface area contributed by atoms with Gasteiger partial charge in [0.15, 0.2) is 15.6 Å². The quantitative estimate of drug-likeness (QED) is 0.556. The molecule has 21 heavy (non-hydrogen) atoms. The van der Waals surface area contributed by atoms with Gasteiger partial charge in [0.05, 0.1) is 13.7 Å². The first-order valence-electron chi connectivity index (χ1n) is 6.37. The highest BCUT2D eigenvalue weighted by Gasteiger charge is 2.31. The summed E-state index contributed by atoms with van der Waals surface area (Å²) in [7, 11) is -2.41. The Morgan fingerprint density at radius 1 is 1.19 bits per heavy atom. The van der Waals surface area contributed by atoms with Crippen molar-refractivity contribution in [3.8, 4) is 5.75 Å². The summed E-state index contributed by atoms with van der Waals surface area (Å²) in [5.41, 5.74) is 0.246. The molecule has 116 valence electrons. The fourth-order valence-electron chi connectivity index (χ4n) is 1.64. The molecular weight excluding hydrogens is 296 g/mol. The lowest BCUT2D eigenvalue weighted by atomic mass is 10.1. The zero-order chi connectivity index (χ0) is 16.0. The fourth-order valence-corrected chi connectivity index (χ4v) is 2.77. The third kappa shape index (κ3) is 4.56. The summed E-state index contributed by atoms with van der Waals surface area (Å²) in [5, 5.41) is -1.31. The first kappa shape index (κ1) is 17.2. The first-order chi connectivity index (χ1) is 9.81. The number of methoxy groups -OCH3 is 1. The minimum Gasteiger partial charge on any atom is -0.497 e. The van der Waals surface area contributed by atoms with Crippen molar-refractivity contribution in [3.05, 3.63) is 29.8 Å². The number of esters is 1. The van der Waals surface area contributed by atoms with Gasteiger partial charge in [-0.2, -0.15) is 0 Å². The number of benzene rings is 1. The van der Waals surface area contributed by atoms with E-state index in [2.05, 4.69) is 4.74 Å². The minimum absolute atomic E-state index is 0.0924. The van der Waals surface area contributed by atoms with Crippen LogP contribution in [0.1, 0.15) is 24.2 Å². The molecular formula is C14H18O6S. The highest BCUT2D eigenvalue weighted by molar-refractivity contribution is 7.93. The second-order valence-corrected chi connectivity index (χ2v) is 6.67. The van der Waals surface area contributed by atoms with Gasteiger partial charge < -0.3 is 9.47 Å². The van der Waals surface area contributed by atoms with Crippen LogP contribution in [0.4, 0.5) is 0 Å². The number of ether oxygens (including phenoxy) is 2. The highest BCUT2D eigenvalue weighted by Crippen LogP contribution is 2.16. The maximum absolute atomic E-state index is 12.2. The van der Waals surface area contributed by atoms with Crippen molar-refractivity contribution in [1.29, 1.82) is 0 Å². The van der Waals surface area contributed by atoms with Crippen LogP contribution < -0.4 is 4.74 Å². The summed E-state index contributed by atoms with van der Waals surface area (Å²) >= 11 is 0. The van der Waals surface area contributed by atoms with Gasteiger partial charge in [-0.25, -0.2) is 8.42 Å². The van der Waals surface area contributed by atoms with E-state index in [4.69, 9.17) is 4.74 Å². The Balaban J connectivity index is 2.87. The normalized spacial score (nSPS) is 12.5. The monoisotopic (exact) mass is 314 g/mol. The zero-order valence-electron chi connectivity index (χ0n) is 12.2. The maximum Gasteiger partial charge on any atom is 0.321 e. The molecule has 0 heterocycles. The van der Waals surface area contributed by atoms with Crippen LogP contribution in [0.3, 0.4) is 0 Å². The van der Waals surface area contributed by atoms with Gasteiger partial charge in [0.2, 0.25) is 0 Å². The Hall–Kier alpha value is -1.89. The summed E-state index contributed by atoms with van der Waals surface area (Å²) in [4.78, 5) is 23.4. The molecule has 1 atom stereocenters. The standard InChI is InChI=1S/C14H18O6S/c1-4-20-13(15)9-21(17,18)10(2)14(16)11-5-7-12(19-3)8-6-11/h5-8,10H,4,9H2,1-3H3. The van der Waals surface area contributed by atoms with Crippen molar-refractivity contribution in [3.63, 3.8) is 0 Å². The van der Waals surface area contributed by atoms with Crippen LogP contribution >= 0.6 is 0 Å². The molecule has 0 amide bonds. The smallest absolute Gasteiger partial charge is 0.321 e. The summed E-state index contributed by atoms with van der Waals surface area (Å²) in [6.07, 6.45) is 0. The van der Waals surface area contributed by atoms with E-state index in [-0.39, 0.29) is 12.2 Å². The van der Waals surface area contributed by atoms with Gasteiger partial charge in [-0.15, -0.1) is 0 Å². The van der Waals surface area contributed by atoms with Crippen LogP contribution in [-0.4, -0.2) is 44.9 Å². The van der Waals surface area contributed by atoms with Crippen LogP contribution in [0.15, 0.2) is 24.3 Å². The van der Waals surface area contributed by atoms with Crippen LogP contribution in [0.2, 0.25) is 0 Å². The van der Waals surface area contributed by atoms with Crippen LogP contribution in [0.5, 0.6) is 5.75 Å². The Morgan fingerprint density at radius 3 is 2.24 bits per heavy atom. The SMILES string of the molecule is CCOC(=O)CS(=O)(=O)C(C)C(=O)c1ccc(OC)cc1. The molecule has 0 saturated carbocycles. The van der Waals surface area contributed by atoms with E-state index >= 15 is 0 Å². The molecule has 0 spiro atoms. The summed E-state index contributed by atoms with van der Waals surface area (Å²) in [6.45, 7) is 2.94. The maximum atomic E-state index is 12.2. The van der Waals surface area contributed by atoms with E-state index in [1.54, 1.807) is 19.1 Å². The lowest BCUT2D eigenvalue weighted by Crippen LogP contribution is -2.33. The molecule has 0 aliphatic carbocycles. The molecule has 0 N–H and O–H groups in total. The molecule has 1 aromatic rings. The minimum atomic E-state index is -3.90. The van der Waals surface area contributed by atoms with Gasteiger partial charge in [0, 0.05) is 5.56 Å². The molecule has 7 heteroatoms. The van der Waals surface area contributed by atoms with Crippen molar-refractivity contribution in [2.24, 2.45) is 0 Å². The number of carbonyl (C=O) groups is 2. The highest BCUT2D eigenvalue weighted by atomic mass is 32.2. The molecule has 1 rings (SSSR count). The number of sulfone groups is 1. The number of hydrogen-bond donors (Lipinski definition) is 0. The average molecular weight is 314 g/mol. The third-order valence-corrected chi connectivity index (χ3v) is 4.84. The summed E-state index contributed by atoms with van der Waals surface area (Å²) in [6, 6.07) is 6.10. The molecule has 0 aliphatic heterocycles. The Kier molecular flexibility index (Phi) is 5.90. The van der Waals surface area contributed by atoms with Gasteiger partial charge in [0.1, 0.15) is 16.8 Å². The van der Waals surface area contributed by atoms with Crippen LogP contribution in [0.25, 0.3) is 0 Å². The summed E-state index contributed by atoms with van der Waals surface area (Å²) in [5.74, 6) is -1.66. The predicted octanol–water partition coefficient (Wildman–Crippen LogP) is 1.24. The van der Waals surface area contributed by atoms with E-state index in [1.807, 2.05) is 0 Å². The van der Waals surface area contributed by atoms with E-state index < -0.39 is 32.6 Å². The van der Waals surface area contributed by atoms with E-state index in [9.17, 15) is 18.0 Å². The number of ketones is 1. The Morgan fingerprint density at radius 2 is 1.76 bits per heavy atom. The van der Waals surface area contributed by atoms with E-state index in [1.165, 1.54) is 26.2 Å². The van der Waals surface area contributed by atoms with Crippen LogP contribution in [-0.2, 0) is 19.4 Å². The third-order valence-electron chi connectivity index (χ3n) is 2.91. The Labute approximate surface area is 124 Å². The average Bonchev–Trinajstić information content (AvgIpc) is 2.45. The Bertz CT molecular complexity index is 603. The van der Waals surface area contributed by atoms with Gasteiger partial charge in [-0.05, 0) is 38.1 Å². The number of Topliss-reactive ketones (excluding diaryl/α,β-unsaturated/α-hetero) is 1. The van der Waals surface area contributed by atoms with Crippen molar-refractivity contribution in [2.45, 2.75) is 19.1 Å². The van der Waals surface area contributed by atoms with Gasteiger partial charge >= 0.3 is 5.97 Å². The molecule has 1 unspecified atom stereocenters. The molecule has 0 bridgehead atoms. The van der Waals surface area contributed by atoms with Gasteiger partial charge in [0.25, 0.3) is 0 Å². The molecule has 1 aromatic carbocycles. The fraction of sp³-hybridized carbons (Fsp3) is 0.429. The predicted molar refractivity (Wildman–Crippen MR) is 77.2 cm³/mol. The molecule has 6 nitrogen and oxygen atoms in total. The number of hydrogen-bond acceptors (Lipinski definition) is 6. The zero-order valence-corrected chi connectivity index (χ0v) is 13.0. The molecule has 0 aromatic heterocycles. The van der Waals surface area contributed by atoms with Crippen molar-refractivity contribution in [2.75, 3.05) is 19.5 Å². The largest absolute Gasteiger partial charge is 0.497 e. The number of rotatable bonds is 7. The van der Waals surface area contributed by atoms with E-state index in [0.717, 1.165) is 0 Å². The summed E-state index contributed by atoms with van der Waals surface area (Å²) < 4.78 is 33.6. The lowest BCUT2D eigenvalue weighted by molar-refractivity contribution is -0.139. The molecule has 0 radical (unpaired) electrons. The van der Waals surface area contributed by atoms with Gasteiger partial charge in [-0.3, -0.25) is 9.59 Å². The molecule has 0 aliphatic rings. The van der Waals surface area contributed by atoms with Crippen molar-refractivity contribution in [1.82, 2.24) is 0 Å². The molecule has 0 saturated heterocycles.